The molecule has 0 unspecified atom stereocenters. The molecular weight excluding hydrogens is 472 g/mol. The molecule has 2 heterocycles. The van der Waals surface area contributed by atoms with Crippen molar-refractivity contribution in [2.75, 3.05) is 6.54 Å². The first-order chi connectivity index (χ1) is 17.3. The number of nitrogens with zero attached hydrogens (tertiary/aromatic N) is 2. The van der Waals surface area contributed by atoms with Gasteiger partial charge in [0.1, 0.15) is 17.2 Å². The van der Waals surface area contributed by atoms with Crippen molar-refractivity contribution in [1.29, 1.82) is 5.41 Å². The molecule has 1 aliphatic heterocycles. The Kier molecular flexibility index (Phi) is 7.55. The van der Waals surface area contributed by atoms with Crippen molar-refractivity contribution in [1.82, 2.24) is 4.90 Å². The number of allylic oxidation sites excluding steroid dienone is 1. The van der Waals surface area contributed by atoms with Gasteiger partial charge in [-0.2, -0.15) is 0 Å². The zero-order valence-electron chi connectivity index (χ0n) is 20.6. The summed E-state index contributed by atoms with van der Waals surface area (Å²) < 4.78 is 5.94. The van der Waals surface area contributed by atoms with Gasteiger partial charge in [0.15, 0.2) is 0 Å². The Morgan fingerprint density at radius 1 is 1.17 bits per heavy atom. The van der Waals surface area contributed by atoms with Crippen LogP contribution in [0.1, 0.15) is 49.6 Å². The summed E-state index contributed by atoms with van der Waals surface area (Å²) in [6.07, 6.45) is 5.05. The fraction of sp³-hybridized carbons (Fsp3) is 0.207. The molecule has 1 aromatic heterocycles. The van der Waals surface area contributed by atoms with Gasteiger partial charge in [-0.25, -0.2) is 4.99 Å². The van der Waals surface area contributed by atoms with Crippen molar-refractivity contribution >= 4 is 40.8 Å². The number of aliphatic imine (C=N–C) groups is 1. The van der Waals surface area contributed by atoms with E-state index in [2.05, 4.69) is 11.9 Å². The molecule has 2 aromatic carbocycles. The summed E-state index contributed by atoms with van der Waals surface area (Å²) in [6, 6.07) is 17.3. The minimum Gasteiger partial charge on any atom is -0.457 e. The first kappa shape index (κ1) is 25.2. The number of carbonyl (C=O) groups excluding carboxylic acids is 1. The lowest BCUT2D eigenvalue weighted by Crippen LogP contribution is -2.38. The van der Waals surface area contributed by atoms with Crippen molar-refractivity contribution in [3.8, 4) is 11.3 Å². The lowest BCUT2D eigenvalue weighted by Gasteiger charge is -2.18. The zero-order valence-corrected chi connectivity index (χ0v) is 21.4. The van der Waals surface area contributed by atoms with Crippen LogP contribution in [0.15, 0.2) is 75.8 Å². The third kappa shape index (κ3) is 5.19. The molecule has 3 N–H and O–H groups in total. The van der Waals surface area contributed by atoms with Gasteiger partial charge in [-0.15, -0.1) is 0 Å². The third-order valence-electron chi connectivity index (χ3n) is 6.23. The SMILES string of the molecule is CC=C(CCN1C(=O)C(=Cc2ccc(-c3ccc(CC)c(Cl)c3)o2)N=C1N)c1ccccc1C(C)=N. The topological polar surface area (TPSA) is 95.7 Å². The van der Waals surface area contributed by atoms with Crippen LogP contribution in [0, 0.1) is 5.41 Å². The quantitative estimate of drug-likeness (QED) is 0.271. The maximum atomic E-state index is 13.1. The summed E-state index contributed by atoms with van der Waals surface area (Å²) in [5.74, 6) is 1.05. The van der Waals surface area contributed by atoms with Crippen LogP contribution in [0.4, 0.5) is 0 Å². The lowest BCUT2D eigenvalue weighted by molar-refractivity contribution is -0.122. The minimum atomic E-state index is -0.271. The number of nitrogens with one attached hydrogen (secondary N) is 1. The second-order valence-electron chi connectivity index (χ2n) is 8.55. The average Bonchev–Trinajstić information content (AvgIpc) is 3.44. The maximum absolute atomic E-state index is 13.1. The number of halogens is 1. The van der Waals surface area contributed by atoms with E-state index in [1.54, 1.807) is 19.1 Å². The Bertz CT molecular complexity index is 1410. The largest absolute Gasteiger partial charge is 0.457 e. The number of hydrogen-bond donors (Lipinski definition) is 2. The number of carbonyl (C=O) groups is 1. The van der Waals surface area contributed by atoms with E-state index in [0.29, 0.717) is 35.2 Å². The Morgan fingerprint density at radius 3 is 2.58 bits per heavy atom. The highest BCUT2D eigenvalue weighted by Gasteiger charge is 2.29. The summed E-state index contributed by atoms with van der Waals surface area (Å²) in [7, 11) is 0. The van der Waals surface area contributed by atoms with Crippen molar-refractivity contribution < 1.29 is 9.21 Å². The molecule has 0 spiro atoms. The molecule has 184 valence electrons. The molecule has 36 heavy (non-hydrogen) atoms. The highest BCUT2D eigenvalue weighted by atomic mass is 35.5. The lowest BCUT2D eigenvalue weighted by atomic mass is 9.95. The second kappa shape index (κ2) is 10.8. The number of nitrogens with two attached hydrogens (primary N) is 1. The van der Waals surface area contributed by atoms with Crippen LogP contribution in [0.25, 0.3) is 23.0 Å². The Hall–Kier alpha value is -3.90. The van der Waals surface area contributed by atoms with Crippen molar-refractivity contribution in [3.63, 3.8) is 0 Å². The third-order valence-corrected chi connectivity index (χ3v) is 6.58. The van der Waals surface area contributed by atoms with E-state index in [9.17, 15) is 4.79 Å². The second-order valence-corrected chi connectivity index (χ2v) is 8.96. The van der Waals surface area contributed by atoms with Crippen molar-refractivity contribution in [3.05, 3.63) is 93.8 Å². The van der Waals surface area contributed by atoms with Gasteiger partial charge in [0.25, 0.3) is 5.91 Å². The number of amides is 1. The molecule has 6 nitrogen and oxygen atoms in total. The van der Waals surface area contributed by atoms with E-state index >= 15 is 0 Å². The van der Waals surface area contributed by atoms with E-state index in [-0.39, 0.29) is 17.6 Å². The molecule has 0 saturated heterocycles. The standard InChI is InChI=1S/C29H29ClN4O2/c1-4-19(24-9-7-6-8-23(24)18(3)31)14-15-34-28(35)26(33-29(34)32)17-22-12-13-27(36-22)21-11-10-20(5-2)25(30)16-21/h4,6-13,16-17,31H,5,14-15H2,1-3H3,(H2,32,33). The maximum Gasteiger partial charge on any atom is 0.279 e. The highest BCUT2D eigenvalue weighted by molar-refractivity contribution is 6.31. The first-order valence-corrected chi connectivity index (χ1v) is 12.3. The summed E-state index contributed by atoms with van der Waals surface area (Å²) in [6.45, 7) is 6.16. The monoisotopic (exact) mass is 500 g/mol. The summed E-state index contributed by atoms with van der Waals surface area (Å²) in [4.78, 5) is 18.8. The zero-order chi connectivity index (χ0) is 25.8. The molecule has 3 aromatic rings. The Balaban J connectivity index is 1.48. The van der Waals surface area contributed by atoms with Crippen LogP contribution in [0.5, 0.6) is 0 Å². The molecule has 7 heteroatoms. The summed E-state index contributed by atoms with van der Waals surface area (Å²) in [5, 5.41) is 8.77. The summed E-state index contributed by atoms with van der Waals surface area (Å²) in [5.41, 5.74) is 11.7. The number of aryl methyl sites for hydroxylation is 1. The van der Waals surface area contributed by atoms with Crippen LogP contribution >= 0.6 is 11.6 Å². The summed E-state index contributed by atoms with van der Waals surface area (Å²) >= 11 is 6.35. The molecule has 1 amide bonds. The molecular formula is C29H29ClN4O2. The van der Waals surface area contributed by atoms with Crippen molar-refractivity contribution in [2.45, 2.75) is 33.6 Å². The van der Waals surface area contributed by atoms with E-state index in [1.165, 1.54) is 4.90 Å². The molecule has 0 atom stereocenters. The van der Waals surface area contributed by atoms with E-state index in [4.69, 9.17) is 27.2 Å². The van der Waals surface area contributed by atoms with Gasteiger partial charge in [0.05, 0.1) is 0 Å². The van der Waals surface area contributed by atoms with Crippen LogP contribution in [0.3, 0.4) is 0 Å². The van der Waals surface area contributed by atoms with Gasteiger partial charge in [-0.1, -0.05) is 61.0 Å². The van der Waals surface area contributed by atoms with Gasteiger partial charge in [0.2, 0.25) is 5.96 Å². The first-order valence-electron chi connectivity index (χ1n) is 11.9. The fourth-order valence-corrected chi connectivity index (χ4v) is 4.56. The predicted octanol–water partition coefficient (Wildman–Crippen LogP) is 6.54. The molecule has 0 aliphatic carbocycles. The van der Waals surface area contributed by atoms with Gasteiger partial charge in [-0.05, 0) is 61.6 Å². The molecule has 0 saturated carbocycles. The number of benzene rings is 2. The molecule has 0 fully saturated rings. The van der Waals surface area contributed by atoms with Gasteiger partial charge < -0.3 is 15.6 Å². The van der Waals surface area contributed by atoms with Crippen molar-refractivity contribution in [2.24, 2.45) is 10.7 Å². The van der Waals surface area contributed by atoms with Gasteiger partial charge >= 0.3 is 0 Å². The molecule has 4 rings (SSSR count). The fourth-order valence-electron chi connectivity index (χ4n) is 4.25. The smallest absolute Gasteiger partial charge is 0.279 e. The van der Waals surface area contributed by atoms with Crippen LogP contribution in [0.2, 0.25) is 5.02 Å². The molecule has 0 radical (unpaired) electrons. The van der Waals surface area contributed by atoms with Crippen LogP contribution in [-0.4, -0.2) is 29.0 Å². The van der Waals surface area contributed by atoms with Crippen LogP contribution in [-0.2, 0) is 11.2 Å². The molecule has 1 aliphatic rings. The van der Waals surface area contributed by atoms with E-state index in [1.807, 2.05) is 61.5 Å². The highest BCUT2D eigenvalue weighted by Crippen LogP contribution is 2.29. The normalized spacial score (nSPS) is 15.1. The Labute approximate surface area is 216 Å². The predicted molar refractivity (Wildman–Crippen MR) is 147 cm³/mol. The number of furan rings is 1. The number of hydrogen-bond acceptors (Lipinski definition) is 5. The number of guanidine groups is 1. The van der Waals surface area contributed by atoms with Crippen LogP contribution < -0.4 is 5.73 Å². The van der Waals surface area contributed by atoms with Gasteiger partial charge in [-0.3, -0.25) is 9.69 Å². The minimum absolute atomic E-state index is 0.159. The van der Waals surface area contributed by atoms with E-state index in [0.717, 1.165) is 34.2 Å². The van der Waals surface area contributed by atoms with E-state index < -0.39 is 0 Å². The van der Waals surface area contributed by atoms with Gasteiger partial charge in [0, 0.05) is 34.5 Å². The molecule has 0 bridgehead atoms. The average molecular weight is 501 g/mol. The Morgan fingerprint density at radius 2 is 1.92 bits per heavy atom. The number of rotatable bonds is 8.